The van der Waals surface area contributed by atoms with Gasteiger partial charge in [-0.1, -0.05) is 13.8 Å². The summed E-state index contributed by atoms with van der Waals surface area (Å²) in [5.41, 5.74) is 0.341. The van der Waals surface area contributed by atoms with Crippen LogP contribution < -0.4 is 5.32 Å². The second kappa shape index (κ2) is 4.90. The molecule has 2 atom stereocenters. The number of nitrogens with one attached hydrogen (secondary N) is 1. The molecule has 3 heterocycles. The number of likely N-dealkylation sites (tertiary alicyclic amines) is 2. The molecule has 4 rings (SSSR count). The Kier molecular flexibility index (Phi) is 3.17. The van der Waals surface area contributed by atoms with Crippen molar-refractivity contribution in [2.45, 2.75) is 32.1 Å². The van der Waals surface area contributed by atoms with E-state index in [9.17, 15) is 4.79 Å². The molecule has 1 aliphatic carbocycles. The van der Waals surface area contributed by atoms with Crippen molar-refractivity contribution >= 4 is 11.8 Å². The summed E-state index contributed by atoms with van der Waals surface area (Å²) in [6.07, 6.45) is 4.00. The zero-order valence-corrected chi connectivity index (χ0v) is 14.2. The third kappa shape index (κ3) is 2.59. The Balaban J connectivity index is 1.43. The standard InChI is InChI=1S/C17H25N5O/c1-16(5-6-16)14-18-7-4-13(19-14)20-15(23)22-9-12-8-21(3)10-17(12,2)11-22/h4,7,12H,5-6,8-11H2,1-3H3,(H,18,19,20,23)/t12-,17+/m1/s1. The van der Waals surface area contributed by atoms with E-state index < -0.39 is 0 Å². The molecule has 1 saturated carbocycles. The molecule has 0 bridgehead atoms. The lowest BCUT2D eigenvalue weighted by molar-refractivity contribution is 0.208. The number of hydrogen-bond acceptors (Lipinski definition) is 4. The van der Waals surface area contributed by atoms with Crippen molar-refractivity contribution in [2.24, 2.45) is 11.3 Å². The number of fused-ring (bicyclic) bond motifs is 1. The van der Waals surface area contributed by atoms with Gasteiger partial charge in [0.05, 0.1) is 0 Å². The van der Waals surface area contributed by atoms with Crippen LogP contribution in [0.15, 0.2) is 12.3 Å². The molecule has 0 aromatic carbocycles. The molecule has 1 N–H and O–H groups in total. The maximum Gasteiger partial charge on any atom is 0.323 e. The van der Waals surface area contributed by atoms with Crippen molar-refractivity contribution in [3.05, 3.63) is 18.1 Å². The van der Waals surface area contributed by atoms with E-state index in [0.717, 1.165) is 44.8 Å². The Hall–Kier alpha value is -1.69. The topological polar surface area (TPSA) is 61.4 Å². The fourth-order valence-electron chi connectivity index (χ4n) is 4.10. The fourth-order valence-corrected chi connectivity index (χ4v) is 4.10. The molecule has 6 nitrogen and oxygen atoms in total. The van der Waals surface area contributed by atoms with Crippen LogP contribution in [0.4, 0.5) is 10.6 Å². The normalized spacial score (nSPS) is 32.0. The van der Waals surface area contributed by atoms with Gasteiger partial charge in [-0.05, 0) is 31.9 Å². The van der Waals surface area contributed by atoms with E-state index in [1.807, 2.05) is 4.90 Å². The highest BCUT2D eigenvalue weighted by atomic mass is 16.2. The van der Waals surface area contributed by atoms with Gasteiger partial charge in [-0.25, -0.2) is 14.8 Å². The van der Waals surface area contributed by atoms with Crippen molar-refractivity contribution in [3.8, 4) is 0 Å². The highest BCUT2D eigenvalue weighted by molar-refractivity contribution is 5.88. The molecule has 0 radical (unpaired) electrons. The zero-order valence-electron chi connectivity index (χ0n) is 14.2. The van der Waals surface area contributed by atoms with Crippen molar-refractivity contribution in [1.29, 1.82) is 0 Å². The molecule has 124 valence electrons. The number of urea groups is 1. The van der Waals surface area contributed by atoms with Crippen molar-refractivity contribution in [2.75, 3.05) is 38.5 Å². The highest BCUT2D eigenvalue weighted by Crippen LogP contribution is 2.46. The van der Waals surface area contributed by atoms with E-state index in [-0.39, 0.29) is 16.9 Å². The third-order valence-electron chi connectivity index (χ3n) is 5.86. The third-order valence-corrected chi connectivity index (χ3v) is 5.86. The first-order valence-corrected chi connectivity index (χ1v) is 8.46. The smallest absolute Gasteiger partial charge is 0.323 e. The van der Waals surface area contributed by atoms with Crippen LogP contribution in [0.3, 0.4) is 0 Å². The first-order valence-electron chi connectivity index (χ1n) is 8.46. The van der Waals surface area contributed by atoms with Gasteiger partial charge in [0.2, 0.25) is 0 Å². The molecule has 2 aliphatic heterocycles. The number of nitrogens with zero attached hydrogens (tertiary/aromatic N) is 4. The summed E-state index contributed by atoms with van der Waals surface area (Å²) in [6.45, 7) is 8.28. The summed E-state index contributed by atoms with van der Waals surface area (Å²) >= 11 is 0. The summed E-state index contributed by atoms with van der Waals surface area (Å²) in [4.78, 5) is 25.8. The lowest BCUT2D eigenvalue weighted by Crippen LogP contribution is -2.37. The molecular weight excluding hydrogens is 290 g/mol. The number of amides is 2. The summed E-state index contributed by atoms with van der Waals surface area (Å²) < 4.78 is 0. The SMILES string of the molecule is CN1C[C@@H]2CN(C(=O)Nc3ccnc(C4(C)CC4)n3)C[C@]2(C)C1. The van der Waals surface area contributed by atoms with Crippen LogP contribution in [0.25, 0.3) is 0 Å². The summed E-state index contributed by atoms with van der Waals surface area (Å²) in [6, 6.07) is 1.74. The van der Waals surface area contributed by atoms with Gasteiger partial charge >= 0.3 is 6.03 Å². The Morgan fingerprint density at radius 2 is 2.09 bits per heavy atom. The predicted molar refractivity (Wildman–Crippen MR) is 88.3 cm³/mol. The van der Waals surface area contributed by atoms with Gasteiger partial charge in [0.25, 0.3) is 0 Å². The number of rotatable bonds is 2. The lowest BCUT2D eigenvalue weighted by Gasteiger charge is -2.24. The number of aromatic nitrogens is 2. The van der Waals surface area contributed by atoms with E-state index in [1.165, 1.54) is 0 Å². The molecule has 2 saturated heterocycles. The first kappa shape index (κ1) is 14.9. The monoisotopic (exact) mass is 315 g/mol. The first-order chi connectivity index (χ1) is 10.9. The number of anilines is 1. The van der Waals surface area contributed by atoms with Gasteiger partial charge in [0.15, 0.2) is 0 Å². The van der Waals surface area contributed by atoms with E-state index in [1.54, 1.807) is 12.3 Å². The maximum absolute atomic E-state index is 12.6. The Morgan fingerprint density at radius 1 is 1.30 bits per heavy atom. The second-order valence-electron chi connectivity index (χ2n) is 8.18. The van der Waals surface area contributed by atoms with E-state index in [2.05, 4.69) is 41.1 Å². The fraction of sp³-hybridized carbons (Fsp3) is 0.706. The van der Waals surface area contributed by atoms with E-state index in [0.29, 0.717) is 11.7 Å². The molecule has 23 heavy (non-hydrogen) atoms. The van der Waals surface area contributed by atoms with Crippen molar-refractivity contribution < 1.29 is 4.79 Å². The molecule has 0 spiro atoms. The number of hydrogen-bond donors (Lipinski definition) is 1. The van der Waals surface area contributed by atoms with E-state index >= 15 is 0 Å². The Morgan fingerprint density at radius 3 is 2.78 bits per heavy atom. The van der Waals surface area contributed by atoms with E-state index in [4.69, 9.17) is 0 Å². The molecular formula is C17H25N5O. The van der Waals surface area contributed by atoms with Crippen LogP contribution in [0, 0.1) is 11.3 Å². The summed E-state index contributed by atoms with van der Waals surface area (Å²) in [5, 5.41) is 2.96. The van der Waals surface area contributed by atoms with Crippen LogP contribution in [-0.4, -0.2) is 59.0 Å². The highest BCUT2D eigenvalue weighted by Gasteiger charge is 2.49. The zero-order chi connectivity index (χ0) is 16.2. The lowest BCUT2D eigenvalue weighted by atomic mass is 9.83. The molecule has 3 fully saturated rings. The minimum absolute atomic E-state index is 0.0334. The minimum atomic E-state index is -0.0334. The quantitative estimate of drug-likeness (QED) is 0.906. The van der Waals surface area contributed by atoms with Crippen LogP contribution in [0.5, 0.6) is 0 Å². The van der Waals surface area contributed by atoms with Gasteiger partial charge < -0.3 is 9.80 Å². The Bertz CT molecular complexity index is 644. The largest absolute Gasteiger partial charge is 0.324 e. The molecule has 2 amide bonds. The molecule has 1 aromatic rings. The van der Waals surface area contributed by atoms with Gasteiger partial charge in [-0.15, -0.1) is 0 Å². The van der Waals surface area contributed by atoms with Gasteiger partial charge in [0, 0.05) is 43.2 Å². The summed E-state index contributed by atoms with van der Waals surface area (Å²) in [7, 11) is 2.16. The average molecular weight is 315 g/mol. The van der Waals surface area contributed by atoms with Crippen LogP contribution in [0.2, 0.25) is 0 Å². The van der Waals surface area contributed by atoms with Gasteiger partial charge in [-0.3, -0.25) is 5.32 Å². The summed E-state index contributed by atoms with van der Waals surface area (Å²) in [5.74, 6) is 2.04. The van der Waals surface area contributed by atoms with Gasteiger partial charge in [0.1, 0.15) is 11.6 Å². The second-order valence-corrected chi connectivity index (χ2v) is 8.18. The minimum Gasteiger partial charge on any atom is -0.324 e. The van der Waals surface area contributed by atoms with Crippen LogP contribution >= 0.6 is 0 Å². The van der Waals surface area contributed by atoms with Crippen molar-refractivity contribution in [1.82, 2.24) is 19.8 Å². The molecule has 6 heteroatoms. The molecule has 1 aromatic heterocycles. The van der Waals surface area contributed by atoms with Gasteiger partial charge in [-0.2, -0.15) is 0 Å². The number of carbonyl (C=O) groups excluding carboxylic acids is 1. The molecule has 3 aliphatic rings. The number of carbonyl (C=O) groups is 1. The Labute approximate surface area is 137 Å². The maximum atomic E-state index is 12.6. The van der Waals surface area contributed by atoms with Crippen molar-refractivity contribution in [3.63, 3.8) is 0 Å². The molecule has 0 unspecified atom stereocenters. The van der Waals surface area contributed by atoms with Crippen LogP contribution in [0.1, 0.15) is 32.5 Å². The average Bonchev–Trinajstić information content (AvgIpc) is 3.07. The predicted octanol–water partition coefficient (Wildman–Crippen LogP) is 1.94. The van der Waals surface area contributed by atoms with Crippen LogP contribution in [-0.2, 0) is 5.41 Å².